The third-order valence-electron chi connectivity index (χ3n) is 3.87. The Morgan fingerprint density at radius 2 is 1.95 bits per heavy atom. The SMILES string of the molecule is COC(=O)C1CCN(S(=O)(=O)NC(CCO)C(C)C)CC1. The number of aliphatic hydroxyl groups is 1. The van der Waals surface area contributed by atoms with Crippen molar-refractivity contribution >= 4 is 16.2 Å². The molecule has 0 bridgehead atoms. The van der Waals surface area contributed by atoms with E-state index in [1.54, 1.807) is 0 Å². The summed E-state index contributed by atoms with van der Waals surface area (Å²) in [7, 11) is -2.24. The highest BCUT2D eigenvalue weighted by Crippen LogP contribution is 2.21. The fourth-order valence-electron chi connectivity index (χ4n) is 2.43. The first kappa shape index (κ1) is 18.3. The van der Waals surface area contributed by atoms with E-state index in [4.69, 9.17) is 5.11 Å². The molecule has 1 atom stereocenters. The Labute approximate surface area is 126 Å². The number of carbonyl (C=O) groups is 1. The number of ether oxygens (including phenoxy) is 1. The molecule has 0 aliphatic carbocycles. The second-order valence-electron chi connectivity index (χ2n) is 5.68. The number of rotatable bonds is 7. The number of nitrogens with one attached hydrogen (secondary N) is 1. The Balaban J connectivity index is 2.62. The van der Waals surface area contributed by atoms with E-state index in [-0.39, 0.29) is 30.5 Å². The third-order valence-corrected chi connectivity index (χ3v) is 5.52. The molecule has 8 heteroatoms. The maximum Gasteiger partial charge on any atom is 0.308 e. The summed E-state index contributed by atoms with van der Waals surface area (Å²) in [6.45, 7) is 4.37. The lowest BCUT2D eigenvalue weighted by Crippen LogP contribution is -2.50. The molecule has 1 rings (SSSR count). The summed E-state index contributed by atoms with van der Waals surface area (Å²) >= 11 is 0. The van der Waals surface area contributed by atoms with Crippen molar-refractivity contribution in [1.82, 2.24) is 9.03 Å². The van der Waals surface area contributed by atoms with Gasteiger partial charge in [-0.05, 0) is 25.2 Å². The molecule has 1 unspecified atom stereocenters. The average Bonchev–Trinajstić information content (AvgIpc) is 2.45. The molecule has 124 valence electrons. The first-order valence-corrected chi connectivity index (χ1v) is 8.72. The molecular weight excluding hydrogens is 296 g/mol. The summed E-state index contributed by atoms with van der Waals surface area (Å²) in [5.74, 6) is -0.403. The van der Waals surface area contributed by atoms with E-state index in [1.165, 1.54) is 11.4 Å². The van der Waals surface area contributed by atoms with E-state index < -0.39 is 10.2 Å². The minimum atomic E-state index is -3.59. The van der Waals surface area contributed by atoms with E-state index in [1.807, 2.05) is 13.8 Å². The molecule has 1 saturated heterocycles. The largest absolute Gasteiger partial charge is 0.469 e. The summed E-state index contributed by atoms with van der Waals surface area (Å²) < 4.78 is 33.4. The van der Waals surface area contributed by atoms with Gasteiger partial charge in [-0.3, -0.25) is 4.79 Å². The zero-order chi connectivity index (χ0) is 16.0. The lowest BCUT2D eigenvalue weighted by molar-refractivity contribution is -0.146. The lowest BCUT2D eigenvalue weighted by Gasteiger charge is -2.32. The van der Waals surface area contributed by atoms with Gasteiger partial charge < -0.3 is 9.84 Å². The summed E-state index contributed by atoms with van der Waals surface area (Å²) in [5.41, 5.74) is 0. The van der Waals surface area contributed by atoms with E-state index in [0.717, 1.165) is 0 Å². The van der Waals surface area contributed by atoms with Gasteiger partial charge in [0.1, 0.15) is 0 Å². The van der Waals surface area contributed by atoms with Gasteiger partial charge in [0.25, 0.3) is 10.2 Å². The molecule has 1 aliphatic heterocycles. The number of esters is 1. The van der Waals surface area contributed by atoms with Crippen LogP contribution >= 0.6 is 0 Å². The van der Waals surface area contributed by atoms with Gasteiger partial charge in [-0.1, -0.05) is 13.8 Å². The minimum Gasteiger partial charge on any atom is -0.469 e. The third kappa shape index (κ3) is 5.21. The van der Waals surface area contributed by atoms with Crippen molar-refractivity contribution in [1.29, 1.82) is 0 Å². The molecular formula is C13H26N2O5S. The molecule has 0 amide bonds. The molecule has 7 nitrogen and oxygen atoms in total. The van der Waals surface area contributed by atoms with Gasteiger partial charge >= 0.3 is 5.97 Å². The Kier molecular flexibility index (Phi) is 7.05. The Morgan fingerprint density at radius 1 is 1.38 bits per heavy atom. The van der Waals surface area contributed by atoms with Crippen LogP contribution < -0.4 is 4.72 Å². The van der Waals surface area contributed by atoms with Crippen LogP contribution in [-0.2, 0) is 19.7 Å². The predicted molar refractivity (Wildman–Crippen MR) is 78.7 cm³/mol. The standard InChI is InChI=1S/C13H26N2O5S/c1-10(2)12(6-9-16)14-21(18,19)15-7-4-11(5-8-15)13(17)20-3/h10-12,14,16H,4-9H2,1-3H3. The zero-order valence-electron chi connectivity index (χ0n) is 12.9. The zero-order valence-corrected chi connectivity index (χ0v) is 13.7. The second-order valence-corrected chi connectivity index (χ2v) is 7.38. The summed E-state index contributed by atoms with van der Waals surface area (Å²) in [4.78, 5) is 11.4. The summed E-state index contributed by atoms with van der Waals surface area (Å²) in [5, 5.41) is 9.02. The predicted octanol–water partition coefficient (Wildman–Crippen LogP) is 0.113. The van der Waals surface area contributed by atoms with Gasteiger partial charge in [-0.25, -0.2) is 0 Å². The Morgan fingerprint density at radius 3 is 2.38 bits per heavy atom. The minimum absolute atomic E-state index is 0.0597. The molecule has 21 heavy (non-hydrogen) atoms. The van der Waals surface area contributed by atoms with Crippen LogP contribution in [0.15, 0.2) is 0 Å². The van der Waals surface area contributed by atoms with E-state index >= 15 is 0 Å². The Hall–Kier alpha value is -0.700. The van der Waals surface area contributed by atoms with Crippen molar-refractivity contribution in [3.63, 3.8) is 0 Å². The highest BCUT2D eigenvalue weighted by atomic mass is 32.2. The van der Waals surface area contributed by atoms with Gasteiger partial charge in [0.05, 0.1) is 13.0 Å². The van der Waals surface area contributed by atoms with Gasteiger partial charge in [0.15, 0.2) is 0 Å². The lowest BCUT2D eigenvalue weighted by atomic mass is 9.99. The molecule has 1 aliphatic rings. The second kappa shape index (κ2) is 8.07. The van der Waals surface area contributed by atoms with Crippen LogP contribution in [0.5, 0.6) is 0 Å². The molecule has 0 aromatic carbocycles. The molecule has 0 saturated carbocycles. The number of hydrogen-bond donors (Lipinski definition) is 2. The van der Waals surface area contributed by atoms with Crippen LogP contribution in [0, 0.1) is 11.8 Å². The maximum atomic E-state index is 12.3. The van der Waals surface area contributed by atoms with Gasteiger partial charge in [0, 0.05) is 25.7 Å². The van der Waals surface area contributed by atoms with Crippen LogP contribution in [-0.4, -0.2) is 56.6 Å². The number of methoxy groups -OCH3 is 1. The molecule has 2 N–H and O–H groups in total. The monoisotopic (exact) mass is 322 g/mol. The van der Waals surface area contributed by atoms with Crippen LogP contribution in [0.3, 0.4) is 0 Å². The van der Waals surface area contributed by atoms with Crippen LogP contribution in [0.25, 0.3) is 0 Å². The van der Waals surface area contributed by atoms with Crippen molar-refractivity contribution in [2.45, 2.75) is 39.2 Å². The topological polar surface area (TPSA) is 95.9 Å². The number of nitrogens with zero attached hydrogens (tertiary/aromatic N) is 1. The van der Waals surface area contributed by atoms with Crippen molar-refractivity contribution < 1.29 is 23.1 Å². The van der Waals surface area contributed by atoms with Crippen molar-refractivity contribution in [3.8, 4) is 0 Å². The highest BCUT2D eigenvalue weighted by Gasteiger charge is 2.33. The van der Waals surface area contributed by atoms with Crippen LogP contribution in [0.2, 0.25) is 0 Å². The van der Waals surface area contributed by atoms with Gasteiger partial charge in [-0.15, -0.1) is 0 Å². The normalized spacial score (nSPS) is 19.7. The van der Waals surface area contributed by atoms with Gasteiger partial charge in [-0.2, -0.15) is 17.4 Å². The molecule has 0 aromatic rings. The first-order valence-electron chi connectivity index (χ1n) is 7.28. The van der Waals surface area contributed by atoms with E-state index in [9.17, 15) is 13.2 Å². The fourth-order valence-corrected chi connectivity index (χ4v) is 4.04. The quantitative estimate of drug-likeness (QED) is 0.649. The van der Waals surface area contributed by atoms with Crippen LogP contribution in [0.1, 0.15) is 33.1 Å². The number of aliphatic hydroxyl groups excluding tert-OH is 1. The van der Waals surface area contributed by atoms with Crippen molar-refractivity contribution in [2.24, 2.45) is 11.8 Å². The fraction of sp³-hybridized carbons (Fsp3) is 0.923. The molecule has 0 aromatic heterocycles. The Bertz CT molecular complexity index is 430. The summed E-state index contributed by atoms with van der Waals surface area (Å²) in [6, 6.07) is -0.293. The van der Waals surface area contributed by atoms with Gasteiger partial charge in [0.2, 0.25) is 0 Å². The summed E-state index contributed by atoms with van der Waals surface area (Å²) in [6.07, 6.45) is 1.33. The van der Waals surface area contributed by atoms with Crippen LogP contribution in [0.4, 0.5) is 0 Å². The molecule has 0 spiro atoms. The van der Waals surface area contributed by atoms with Crippen molar-refractivity contribution in [2.75, 3.05) is 26.8 Å². The molecule has 1 fully saturated rings. The molecule has 0 radical (unpaired) electrons. The van der Waals surface area contributed by atoms with E-state index in [2.05, 4.69) is 9.46 Å². The number of carbonyl (C=O) groups excluding carboxylic acids is 1. The number of piperidine rings is 1. The highest BCUT2D eigenvalue weighted by molar-refractivity contribution is 7.87. The van der Waals surface area contributed by atoms with Crippen molar-refractivity contribution in [3.05, 3.63) is 0 Å². The first-order chi connectivity index (χ1) is 9.81. The van der Waals surface area contributed by atoms with E-state index in [0.29, 0.717) is 32.4 Å². The average molecular weight is 322 g/mol. The molecule has 1 heterocycles. The maximum absolute atomic E-state index is 12.3. The smallest absolute Gasteiger partial charge is 0.308 e. The number of hydrogen-bond acceptors (Lipinski definition) is 5.